The molecule has 88 valence electrons. The van der Waals surface area contributed by atoms with Crippen LogP contribution in [0.25, 0.3) is 0 Å². The summed E-state index contributed by atoms with van der Waals surface area (Å²) in [6, 6.07) is 0. The Morgan fingerprint density at radius 2 is 1.94 bits per heavy atom. The molecule has 4 N–H and O–H groups in total. The molecule has 0 saturated heterocycles. The van der Waals surface area contributed by atoms with Crippen LogP contribution in [0.15, 0.2) is 10.8 Å². The average Bonchev–Trinajstić information content (AvgIpc) is 2.68. The molecule has 0 atom stereocenters. The Labute approximate surface area is 103 Å². The van der Waals surface area contributed by atoms with Crippen molar-refractivity contribution in [2.45, 2.75) is 38.1 Å². The Kier molecular flexibility index (Phi) is 3.30. The first-order chi connectivity index (χ1) is 7.64. The van der Waals surface area contributed by atoms with Crippen molar-refractivity contribution in [3.05, 3.63) is 10.8 Å². The summed E-state index contributed by atoms with van der Waals surface area (Å²) in [7, 11) is 0. The van der Waals surface area contributed by atoms with Crippen LogP contribution in [0, 0.1) is 0 Å². The van der Waals surface area contributed by atoms with Crippen molar-refractivity contribution in [2.75, 3.05) is 10.7 Å². The van der Waals surface area contributed by atoms with Gasteiger partial charge in [-0.3, -0.25) is 0 Å². The number of aromatic nitrogens is 2. The van der Waals surface area contributed by atoms with E-state index in [9.17, 15) is 0 Å². The Bertz CT molecular complexity index is 375. The number of halogens is 1. The highest BCUT2D eigenvalue weighted by Gasteiger charge is 2.29. The van der Waals surface area contributed by atoms with E-state index in [1.54, 1.807) is 0 Å². The number of nitrogens with two attached hydrogens (primary N) is 1. The molecule has 0 spiro atoms. The maximum atomic E-state index is 5.36. The fourth-order valence-corrected chi connectivity index (χ4v) is 2.54. The minimum atomic E-state index is 0.142. The van der Waals surface area contributed by atoms with Crippen molar-refractivity contribution < 1.29 is 0 Å². The van der Waals surface area contributed by atoms with Crippen LogP contribution in [0.5, 0.6) is 0 Å². The summed E-state index contributed by atoms with van der Waals surface area (Å²) in [6.07, 6.45) is 6.40. The SMILES string of the molecule is CC1(Nc2ncnc(NN)c2Br)CCCC1. The van der Waals surface area contributed by atoms with Gasteiger partial charge >= 0.3 is 0 Å². The van der Waals surface area contributed by atoms with Gasteiger partial charge in [0.15, 0.2) is 5.82 Å². The largest absolute Gasteiger partial charge is 0.364 e. The molecule has 1 fully saturated rings. The van der Waals surface area contributed by atoms with Gasteiger partial charge in [-0.05, 0) is 35.7 Å². The number of hydrogen-bond acceptors (Lipinski definition) is 5. The van der Waals surface area contributed by atoms with Crippen LogP contribution in [0.4, 0.5) is 11.6 Å². The lowest BCUT2D eigenvalue weighted by atomic mass is 10.0. The van der Waals surface area contributed by atoms with E-state index in [0.29, 0.717) is 5.82 Å². The molecule has 0 aromatic carbocycles. The van der Waals surface area contributed by atoms with Gasteiger partial charge < -0.3 is 10.7 Å². The zero-order valence-corrected chi connectivity index (χ0v) is 10.8. The molecule has 0 unspecified atom stereocenters. The summed E-state index contributed by atoms with van der Waals surface area (Å²) in [5, 5.41) is 3.47. The van der Waals surface area contributed by atoms with Crippen molar-refractivity contribution in [3.8, 4) is 0 Å². The number of hydrazine groups is 1. The van der Waals surface area contributed by atoms with Gasteiger partial charge in [0, 0.05) is 5.54 Å². The van der Waals surface area contributed by atoms with E-state index in [1.165, 1.54) is 32.0 Å². The first-order valence-electron chi connectivity index (χ1n) is 5.40. The Morgan fingerprint density at radius 1 is 1.31 bits per heavy atom. The van der Waals surface area contributed by atoms with E-state index in [1.807, 2.05) is 0 Å². The van der Waals surface area contributed by atoms with Gasteiger partial charge in [0.2, 0.25) is 0 Å². The summed E-state index contributed by atoms with van der Waals surface area (Å²) in [5.74, 6) is 6.76. The lowest BCUT2D eigenvalue weighted by Gasteiger charge is -2.26. The van der Waals surface area contributed by atoms with E-state index in [4.69, 9.17) is 5.84 Å². The second-order valence-electron chi connectivity index (χ2n) is 4.42. The number of nitrogens with zero attached hydrogens (tertiary/aromatic N) is 2. The molecule has 1 aromatic heterocycles. The van der Waals surface area contributed by atoms with Crippen LogP contribution in [0.3, 0.4) is 0 Å². The molecule has 0 amide bonds. The van der Waals surface area contributed by atoms with Crippen molar-refractivity contribution in [1.29, 1.82) is 0 Å². The fraction of sp³-hybridized carbons (Fsp3) is 0.600. The number of anilines is 2. The van der Waals surface area contributed by atoms with Gasteiger partial charge in [0.1, 0.15) is 16.6 Å². The van der Waals surface area contributed by atoms with E-state index in [-0.39, 0.29) is 5.54 Å². The number of rotatable bonds is 3. The quantitative estimate of drug-likeness (QED) is 0.587. The highest BCUT2D eigenvalue weighted by molar-refractivity contribution is 9.10. The molecule has 0 bridgehead atoms. The highest BCUT2D eigenvalue weighted by Crippen LogP contribution is 2.35. The van der Waals surface area contributed by atoms with Crippen molar-refractivity contribution in [1.82, 2.24) is 9.97 Å². The molecule has 1 aliphatic carbocycles. The summed E-state index contributed by atoms with van der Waals surface area (Å²) in [4.78, 5) is 8.25. The molecule has 1 aromatic rings. The monoisotopic (exact) mass is 285 g/mol. The van der Waals surface area contributed by atoms with Gasteiger partial charge in [-0.25, -0.2) is 15.8 Å². The third-order valence-corrected chi connectivity index (χ3v) is 3.80. The van der Waals surface area contributed by atoms with E-state index >= 15 is 0 Å². The van der Waals surface area contributed by atoms with Gasteiger partial charge in [-0.15, -0.1) is 0 Å². The average molecular weight is 286 g/mol. The van der Waals surface area contributed by atoms with Crippen molar-refractivity contribution >= 4 is 27.6 Å². The van der Waals surface area contributed by atoms with Crippen LogP contribution >= 0.6 is 15.9 Å². The molecule has 2 rings (SSSR count). The summed E-state index contributed by atoms with van der Waals surface area (Å²) < 4.78 is 0.783. The fourth-order valence-electron chi connectivity index (χ4n) is 2.12. The van der Waals surface area contributed by atoms with Crippen LogP contribution in [-0.4, -0.2) is 15.5 Å². The molecule has 5 nitrogen and oxygen atoms in total. The number of hydrogen-bond donors (Lipinski definition) is 3. The molecule has 1 heterocycles. The van der Waals surface area contributed by atoms with Crippen LogP contribution in [0.2, 0.25) is 0 Å². The van der Waals surface area contributed by atoms with Gasteiger partial charge in [-0.2, -0.15) is 0 Å². The predicted molar refractivity (Wildman–Crippen MR) is 68.0 cm³/mol. The summed E-state index contributed by atoms with van der Waals surface area (Å²) in [5.41, 5.74) is 2.68. The Morgan fingerprint density at radius 3 is 2.56 bits per heavy atom. The number of nitrogens with one attached hydrogen (secondary N) is 2. The molecular weight excluding hydrogens is 270 g/mol. The zero-order chi connectivity index (χ0) is 11.6. The molecular formula is C10H16BrN5. The normalized spacial score (nSPS) is 18.4. The van der Waals surface area contributed by atoms with E-state index in [0.717, 1.165) is 10.3 Å². The second-order valence-corrected chi connectivity index (χ2v) is 5.21. The lowest BCUT2D eigenvalue weighted by molar-refractivity contribution is 0.530. The smallest absolute Gasteiger partial charge is 0.159 e. The third-order valence-electron chi connectivity index (χ3n) is 3.05. The second kappa shape index (κ2) is 4.55. The predicted octanol–water partition coefficient (Wildman–Crippen LogP) is 2.27. The standard InChI is InChI=1S/C10H16BrN5/c1-10(4-2-3-5-10)15-8-7(11)9(16-12)14-6-13-8/h6H,2-5,12H2,1H3,(H2,13,14,15,16). The molecule has 6 heteroatoms. The van der Waals surface area contributed by atoms with Crippen LogP contribution in [-0.2, 0) is 0 Å². The lowest BCUT2D eigenvalue weighted by Crippen LogP contribution is -2.31. The third kappa shape index (κ3) is 2.27. The molecule has 16 heavy (non-hydrogen) atoms. The molecule has 0 radical (unpaired) electrons. The molecule has 0 aliphatic heterocycles. The van der Waals surface area contributed by atoms with Gasteiger partial charge in [0.25, 0.3) is 0 Å². The first-order valence-corrected chi connectivity index (χ1v) is 6.19. The maximum Gasteiger partial charge on any atom is 0.159 e. The number of nitrogen functional groups attached to an aromatic ring is 1. The first kappa shape index (κ1) is 11.6. The highest BCUT2D eigenvalue weighted by atomic mass is 79.9. The Balaban J connectivity index is 2.21. The van der Waals surface area contributed by atoms with Crippen LogP contribution in [0.1, 0.15) is 32.6 Å². The maximum absolute atomic E-state index is 5.36. The minimum absolute atomic E-state index is 0.142. The zero-order valence-electron chi connectivity index (χ0n) is 9.26. The summed E-state index contributed by atoms with van der Waals surface area (Å²) in [6.45, 7) is 2.23. The molecule has 1 aliphatic rings. The molecule has 1 saturated carbocycles. The minimum Gasteiger partial charge on any atom is -0.364 e. The van der Waals surface area contributed by atoms with Crippen molar-refractivity contribution in [2.24, 2.45) is 5.84 Å². The van der Waals surface area contributed by atoms with Crippen molar-refractivity contribution in [3.63, 3.8) is 0 Å². The van der Waals surface area contributed by atoms with Gasteiger partial charge in [0.05, 0.1) is 0 Å². The Hall–Kier alpha value is -0.880. The summed E-state index contributed by atoms with van der Waals surface area (Å²) >= 11 is 3.44. The van der Waals surface area contributed by atoms with E-state index < -0.39 is 0 Å². The topological polar surface area (TPSA) is 75.9 Å². The van der Waals surface area contributed by atoms with E-state index in [2.05, 4.69) is 43.6 Å². The van der Waals surface area contributed by atoms with Gasteiger partial charge in [-0.1, -0.05) is 12.8 Å². The van der Waals surface area contributed by atoms with Crippen LogP contribution < -0.4 is 16.6 Å².